The summed E-state index contributed by atoms with van der Waals surface area (Å²) in [5, 5.41) is 12.3. The van der Waals surface area contributed by atoms with Gasteiger partial charge in [-0.3, -0.25) is 0 Å². The highest BCUT2D eigenvalue weighted by molar-refractivity contribution is 7.99. The molecule has 3 heterocycles. The number of furan rings is 1. The van der Waals surface area contributed by atoms with Gasteiger partial charge in [0.15, 0.2) is 6.20 Å². The van der Waals surface area contributed by atoms with E-state index in [0.29, 0.717) is 5.56 Å². The van der Waals surface area contributed by atoms with Crippen LogP contribution in [0.1, 0.15) is 36.1 Å². The summed E-state index contributed by atoms with van der Waals surface area (Å²) in [5.41, 5.74) is 9.96. The summed E-state index contributed by atoms with van der Waals surface area (Å²) < 4.78 is 8.89. The Kier molecular flexibility index (Phi) is 5.24. The van der Waals surface area contributed by atoms with Crippen LogP contribution in [0.25, 0.3) is 44.3 Å². The van der Waals surface area contributed by atoms with E-state index in [9.17, 15) is 5.26 Å². The lowest BCUT2D eigenvalue weighted by Gasteiger charge is -2.34. The summed E-state index contributed by atoms with van der Waals surface area (Å²) in [5.74, 6) is 0. The molecule has 1 aliphatic heterocycles. The Morgan fingerprint density at radius 3 is 2.31 bits per heavy atom. The number of nitriles is 1. The van der Waals surface area contributed by atoms with Gasteiger partial charge in [-0.15, -0.1) is 0 Å². The van der Waals surface area contributed by atoms with Crippen LogP contribution >= 0.6 is 11.8 Å². The number of nitrogens with zero attached hydrogens (tertiary/aromatic N) is 2. The molecule has 0 aliphatic carbocycles. The molecular weight excluding hydrogens is 496 g/mol. The van der Waals surface area contributed by atoms with Crippen LogP contribution in [0.5, 0.6) is 0 Å². The van der Waals surface area contributed by atoms with Crippen LogP contribution in [0.3, 0.4) is 0 Å². The molecule has 0 amide bonds. The molecule has 0 saturated carbocycles. The van der Waals surface area contributed by atoms with Crippen molar-refractivity contribution in [2.24, 2.45) is 7.05 Å². The smallest absolute Gasteiger partial charge is 0.216 e. The molecule has 4 heteroatoms. The Bertz CT molecular complexity index is 2010. The van der Waals surface area contributed by atoms with Crippen molar-refractivity contribution in [1.82, 2.24) is 0 Å². The van der Waals surface area contributed by atoms with Crippen LogP contribution in [0, 0.1) is 18.3 Å². The molecule has 7 rings (SSSR count). The quantitative estimate of drug-likeness (QED) is 0.213. The topological polar surface area (TPSA) is 40.8 Å². The van der Waals surface area contributed by atoms with E-state index in [-0.39, 0.29) is 5.41 Å². The zero-order valence-electron chi connectivity index (χ0n) is 22.4. The lowest BCUT2D eigenvalue weighted by atomic mass is 9.77. The molecule has 0 unspecified atom stereocenters. The second kappa shape index (κ2) is 8.59. The molecule has 39 heavy (non-hydrogen) atoms. The normalized spacial score (nSPS) is 13.7. The Morgan fingerprint density at radius 1 is 0.795 bits per heavy atom. The number of benzene rings is 4. The van der Waals surface area contributed by atoms with Gasteiger partial charge in [-0.2, -0.15) is 5.26 Å². The molecule has 0 spiro atoms. The first-order valence-corrected chi connectivity index (χ1v) is 14.0. The van der Waals surface area contributed by atoms with Crippen molar-refractivity contribution in [3.05, 3.63) is 113 Å². The van der Waals surface area contributed by atoms with E-state index in [1.54, 1.807) is 11.8 Å². The SMILES string of the molecule is Cc1ccc2c(oc3c(-c4ccc5c(c4)Sc4ccccc4C5(C)C)c(C#N)ccc32)c1-c1cccc[n+]1C. The van der Waals surface area contributed by atoms with Crippen LogP contribution in [-0.2, 0) is 12.5 Å². The van der Waals surface area contributed by atoms with Crippen molar-refractivity contribution >= 4 is 33.7 Å². The Labute approximate surface area is 232 Å². The molecule has 0 N–H and O–H groups in total. The van der Waals surface area contributed by atoms with Crippen LogP contribution < -0.4 is 4.57 Å². The second-order valence-electron chi connectivity index (χ2n) is 10.8. The number of pyridine rings is 1. The highest BCUT2D eigenvalue weighted by Gasteiger charge is 2.33. The van der Waals surface area contributed by atoms with Crippen molar-refractivity contribution in [2.45, 2.75) is 36.0 Å². The Balaban J connectivity index is 1.50. The molecule has 0 radical (unpaired) electrons. The van der Waals surface area contributed by atoms with Crippen molar-refractivity contribution in [1.29, 1.82) is 5.26 Å². The van der Waals surface area contributed by atoms with Gasteiger partial charge in [-0.1, -0.05) is 68.1 Å². The highest BCUT2D eigenvalue weighted by atomic mass is 32.2. The molecule has 188 valence electrons. The monoisotopic (exact) mass is 523 g/mol. The number of aromatic nitrogens is 1. The van der Waals surface area contributed by atoms with Crippen LogP contribution in [0.4, 0.5) is 0 Å². The fourth-order valence-corrected chi connectivity index (χ4v) is 7.53. The summed E-state index contributed by atoms with van der Waals surface area (Å²) in [6.07, 6.45) is 2.06. The van der Waals surface area contributed by atoms with E-state index in [2.05, 4.69) is 111 Å². The third-order valence-electron chi connectivity index (χ3n) is 8.17. The summed E-state index contributed by atoms with van der Waals surface area (Å²) >= 11 is 1.80. The zero-order valence-corrected chi connectivity index (χ0v) is 23.2. The van der Waals surface area contributed by atoms with Crippen molar-refractivity contribution < 1.29 is 8.98 Å². The maximum atomic E-state index is 10.2. The van der Waals surface area contributed by atoms with E-state index in [0.717, 1.165) is 49.9 Å². The third kappa shape index (κ3) is 3.47. The number of hydrogen-bond acceptors (Lipinski definition) is 3. The van der Waals surface area contributed by atoms with Gasteiger partial charge in [0.25, 0.3) is 0 Å². The van der Waals surface area contributed by atoms with E-state index in [1.165, 1.54) is 20.9 Å². The van der Waals surface area contributed by atoms with Crippen LogP contribution in [0.2, 0.25) is 0 Å². The van der Waals surface area contributed by atoms with Crippen molar-refractivity contribution in [2.75, 3.05) is 0 Å². The summed E-state index contributed by atoms with van der Waals surface area (Å²) in [4.78, 5) is 2.51. The number of rotatable bonds is 2. The fourth-order valence-electron chi connectivity index (χ4n) is 6.10. The number of fused-ring (bicyclic) bond motifs is 5. The van der Waals surface area contributed by atoms with E-state index in [1.807, 2.05) is 18.2 Å². The first-order valence-electron chi connectivity index (χ1n) is 13.1. The van der Waals surface area contributed by atoms with E-state index in [4.69, 9.17) is 4.42 Å². The van der Waals surface area contributed by atoms with Gasteiger partial charge in [-0.25, -0.2) is 4.57 Å². The van der Waals surface area contributed by atoms with Crippen molar-refractivity contribution in [3.8, 4) is 28.5 Å². The summed E-state index contributed by atoms with van der Waals surface area (Å²) in [7, 11) is 2.06. The maximum absolute atomic E-state index is 10.2. The predicted octanol–water partition coefficient (Wildman–Crippen LogP) is 8.72. The minimum absolute atomic E-state index is 0.100. The minimum Gasteiger partial charge on any atom is -0.454 e. The molecule has 0 saturated heterocycles. The summed E-state index contributed by atoms with van der Waals surface area (Å²) in [6.45, 7) is 6.70. The standard InChI is InChI=1S/C35H27N2OS/c1-21-12-15-24-25-16-13-23(20-36)32(34(25)38-33(24)31(21)28-10-7-8-18-37(28)4)22-14-17-27-30(19-22)39-29-11-6-5-9-26(29)35(27,2)3/h5-19H,1-4H3/q+1. The lowest BCUT2D eigenvalue weighted by Crippen LogP contribution is -2.30. The first kappa shape index (κ1) is 23.8. The molecule has 0 fully saturated rings. The van der Waals surface area contributed by atoms with Gasteiger partial charge in [-0.05, 0) is 59.5 Å². The molecular formula is C35H27N2OS+. The molecule has 2 aromatic heterocycles. The minimum atomic E-state index is -0.100. The lowest BCUT2D eigenvalue weighted by molar-refractivity contribution is -0.660. The van der Waals surface area contributed by atoms with Crippen LogP contribution in [0.15, 0.2) is 105 Å². The molecule has 0 bridgehead atoms. The highest BCUT2D eigenvalue weighted by Crippen LogP contribution is 2.50. The zero-order chi connectivity index (χ0) is 26.9. The second-order valence-corrected chi connectivity index (χ2v) is 11.9. The van der Waals surface area contributed by atoms with Crippen LogP contribution in [-0.4, -0.2) is 0 Å². The fraction of sp³-hybridized carbons (Fsp3) is 0.143. The average molecular weight is 524 g/mol. The molecule has 0 atom stereocenters. The molecule has 6 aromatic rings. The average Bonchev–Trinajstić information content (AvgIpc) is 3.31. The van der Waals surface area contributed by atoms with Gasteiger partial charge >= 0.3 is 0 Å². The van der Waals surface area contributed by atoms with Gasteiger partial charge in [0, 0.05) is 43.7 Å². The van der Waals surface area contributed by atoms with Gasteiger partial charge in [0.1, 0.15) is 18.2 Å². The van der Waals surface area contributed by atoms with E-state index < -0.39 is 0 Å². The van der Waals surface area contributed by atoms with Gasteiger partial charge in [0.05, 0.1) is 17.2 Å². The first-order chi connectivity index (χ1) is 18.9. The largest absolute Gasteiger partial charge is 0.454 e. The molecule has 3 nitrogen and oxygen atoms in total. The molecule has 1 aliphatic rings. The number of aryl methyl sites for hydroxylation is 2. The van der Waals surface area contributed by atoms with Gasteiger partial charge < -0.3 is 4.42 Å². The third-order valence-corrected chi connectivity index (χ3v) is 9.31. The van der Waals surface area contributed by atoms with Crippen molar-refractivity contribution in [3.63, 3.8) is 0 Å². The Hall–Kier alpha value is -4.33. The Morgan fingerprint density at radius 2 is 1.51 bits per heavy atom. The molecule has 4 aromatic carbocycles. The van der Waals surface area contributed by atoms with Gasteiger partial charge in [0.2, 0.25) is 5.69 Å². The number of hydrogen-bond donors (Lipinski definition) is 0. The maximum Gasteiger partial charge on any atom is 0.216 e. The van der Waals surface area contributed by atoms with E-state index >= 15 is 0 Å². The predicted molar refractivity (Wildman–Crippen MR) is 158 cm³/mol. The summed E-state index contributed by atoms with van der Waals surface area (Å²) in [6, 6.07) is 32.2.